The summed E-state index contributed by atoms with van der Waals surface area (Å²) in [5.41, 5.74) is 4.62. The summed E-state index contributed by atoms with van der Waals surface area (Å²) in [6, 6.07) is -0.746. The van der Waals surface area contributed by atoms with Gasteiger partial charge in [-0.3, -0.25) is 19.7 Å². The molecule has 8 nitrogen and oxygen atoms in total. The highest BCUT2D eigenvalue weighted by Crippen LogP contribution is 2.38. The van der Waals surface area contributed by atoms with E-state index in [1.54, 1.807) is 0 Å². The molecule has 2 rings (SSSR count). The summed E-state index contributed by atoms with van der Waals surface area (Å²) in [5.74, 6) is -1.39. The van der Waals surface area contributed by atoms with Crippen LogP contribution in [0.1, 0.15) is 38.5 Å². The lowest BCUT2D eigenvalue weighted by atomic mass is 9.83. The van der Waals surface area contributed by atoms with Crippen molar-refractivity contribution in [2.75, 3.05) is 0 Å². The van der Waals surface area contributed by atoms with E-state index in [1.165, 1.54) is 0 Å². The Bertz CT molecular complexity index is 468. The third kappa shape index (κ3) is 2.45. The van der Waals surface area contributed by atoms with Gasteiger partial charge in [-0.25, -0.2) is 0 Å². The van der Waals surface area contributed by atoms with Gasteiger partial charge in [0.1, 0.15) is 11.5 Å². The van der Waals surface area contributed by atoms with Crippen molar-refractivity contribution in [3.63, 3.8) is 0 Å². The number of nitrogens with two attached hydrogens (primary N) is 1. The first kappa shape index (κ1) is 14.3. The predicted octanol–water partition coefficient (Wildman–Crippen LogP) is -0.785. The van der Waals surface area contributed by atoms with Gasteiger partial charge in [0.15, 0.2) is 5.84 Å². The van der Waals surface area contributed by atoms with Crippen LogP contribution in [0.5, 0.6) is 0 Å². The summed E-state index contributed by atoms with van der Waals surface area (Å²) in [5, 5.41) is 16.6. The molecule has 0 spiro atoms. The first-order valence-electron chi connectivity index (χ1n) is 6.62. The quantitative estimate of drug-likeness (QED) is 0.177. The molecule has 1 heterocycles. The van der Waals surface area contributed by atoms with E-state index in [2.05, 4.69) is 15.8 Å². The number of imide groups is 1. The zero-order valence-corrected chi connectivity index (χ0v) is 11.0. The number of nitrogens with one attached hydrogen (secondary N) is 2. The number of oxime groups is 1. The van der Waals surface area contributed by atoms with Gasteiger partial charge in [0.25, 0.3) is 0 Å². The van der Waals surface area contributed by atoms with Crippen LogP contribution in [0.3, 0.4) is 0 Å². The van der Waals surface area contributed by atoms with Crippen molar-refractivity contribution in [1.29, 1.82) is 0 Å². The molecular formula is C12H18N4O4. The molecule has 0 radical (unpaired) electrons. The van der Waals surface area contributed by atoms with Crippen LogP contribution in [-0.2, 0) is 14.4 Å². The number of carbonyl (C=O) groups excluding carboxylic acids is 3. The van der Waals surface area contributed by atoms with E-state index in [0.29, 0.717) is 12.8 Å². The second kappa shape index (κ2) is 5.48. The van der Waals surface area contributed by atoms with Gasteiger partial charge >= 0.3 is 0 Å². The van der Waals surface area contributed by atoms with Crippen LogP contribution in [0, 0.1) is 5.41 Å². The first-order chi connectivity index (χ1) is 9.49. The second-order valence-electron chi connectivity index (χ2n) is 5.25. The largest absolute Gasteiger partial charge is 0.409 e. The van der Waals surface area contributed by atoms with Crippen LogP contribution in [0.2, 0.25) is 0 Å². The molecule has 1 atom stereocenters. The summed E-state index contributed by atoms with van der Waals surface area (Å²) in [4.78, 5) is 35.1. The monoisotopic (exact) mass is 282 g/mol. The lowest BCUT2D eigenvalue weighted by molar-refractivity contribution is -0.138. The smallest absolute Gasteiger partial charge is 0.249 e. The second-order valence-corrected chi connectivity index (χ2v) is 5.25. The van der Waals surface area contributed by atoms with Crippen LogP contribution in [-0.4, -0.2) is 34.8 Å². The minimum atomic E-state index is -1.05. The van der Waals surface area contributed by atoms with Gasteiger partial charge in [-0.05, 0) is 19.3 Å². The van der Waals surface area contributed by atoms with Crippen molar-refractivity contribution in [3.05, 3.63) is 0 Å². The fraction of sp³-hybridized carbons (Fsp3) is 0.667. The average molecular weight is 282 g/mol. The molecule has 0 aromatic carbocycles. The van der Waals surface area contributed by atoms with Crippen molar-refractivity contribution in [2.45, 2.75) is 44.6 Å². The summed E-state index contributed by atoms with van der Waals surface area (Å²) in [6.07, 6.45) is 3.04. The predicted molar refractivity (Wildman–Crippen MR) is 68.6 cm³/mol. The Labute approximate surface area is 115 Å². The van der Waals surface area contributed by atoms with Gasteiger partial charge < -0.3 is 16.3 Å². The van der Waals surface area contributed by atoms with Crippen LogP contribution >= 0.6 is 0 Å². The number of carbonyl (C=O) groups is 3. The van der Waals surface area contributed by atoms with E-state index in [4.69, 9.17) is 10.9 Å². The minimum Gasteiger partial charge on any atom is -0.409 e. The molecule has 1 aliphatic carbocycles. The zero-order chi connectivity index (χ0) is 14.8. The Morgan fingerprint density at radius 2 is 2.05 bits per heavy atom. The number of rotatable bonds is 3. The van der Waals surface area contributed by atoms with Crippen molar-refractivity contribution in [2.24, 2.45) is 16.3 Å². The molecule has 1 saturated heterocycles. The average Bonchev–Trinajstić information content (AvgIpc) is 2.91. The Kier molecular flexibility index (Phi) is 3.91. The first-order valence-corrected chi connectivity index (χ1v) is 6.62. The highest BCUT2D eigenvalue weighted by atomic mass is 16.4. The van der Waals surface area contributed by atoms with E-state index in [1.807, 2.05) is 0 Å². The topological polar surface area (TPSA) is 134 Å². The maximum Gasteiger partial charge on any atom is 0.249 e. The lowest BCUT2D eigenvalue weighted by Gasteiger charge is -2.29. The molecule has 2 aliphatic rings. The Balaban J connectivity index is 2.10. The molecule has 20 heavy (non-hydrogen) atoms. The van der Waals surface area contributed by atoms with E-state index in [9.17, 15) is 14.4 Å². The molecule has 0 bridgehead atoms. The molecule has 0 aromatic rings. The number of amidine groups is 1. The number of hydrogen-bond donors (Lipinski definition) is 4. The summed E-state index contributed by atoms with van der Waals surface area (Å²) in [6.45, 7) is 0. The van der Waals surface area contributed by atoms with Gasteiger partial charge in [-0.2, -0.15) is 0 Å². The van der Waals surface area contributed by atoms with Gasteiger partial charge in [0.05, 0.1) is 0 Å². The fourth-order valence-electron chi connectivity index (χ4n) is 2.80. The Morgan fingerprint density at radius 3 is 2.60 bits per heavy atom. The Hall–Kier alpha value is -2.12. The molecule has 2 fully saturated rings. The Morgan fingerprint density at radius 1 is 1.40 bits per heavy atom. The molecule has 0 aromatic heterocycles. The molecule has 110 valence electrons. The van der Waals surface area contributed by atoms with E-state index >= 15 is 0 Å². The fourth-order valence-corrected chi connectivity index (χ4v) is 2.80. The van der Waals surface area contributed by atoms with Crippen LogP contribution in [0.15, 0.2) is 5.16 Å². The van der Waals surface area contributed by atoms with Gasteiger partial charge in [-0.1, -0.05) is 18.0 Å². The minimum absolute atomic E-state index is 0.125. The molecular weight excluding hydrogens is 264 g/mol. The van der Waals surface area contributed by atoms with E-state index in [-0.39, 0.29) is 24.6 Å². The maximum atomic E-state index is 12.4. The summed E-state index contributed by atoms with van der Waals surface area (Å²) < 4.78 is 0. The molecule has 3 amide bonds. The summed E-state index contributed by atoms with van der Waals surface area (Å²) >= 11 is 0. The van der Waals surface area contributed by atoms with Crippen molar-refractivity contribution in [3.8, 4) is 0 Å². The van der Waals surface area contributed by atoms with Crippen molar-refractivity contribution >= 4 is 23.6 Å². The van der Waals surface area contributed by atoms with E-state index < -0.39 is 23.3 Å². The highest BCUT2D eigenvalue weighted by Gasteiger charge is 2.46. The number of nitrogens with zero attached hydrogens (tertiary/aromatic N) is 1. The lowest BCUT2D eigenvalue weighted by Crippen LogP contribution is -2.57. The number of piperidine rings is 1. The SMILES string of the molecule is NC(=NO)C1(C(=O)NC2CCC(=O)NC2=O)CCCC1. The van der Waals surface area contributed by atoms with Gasteiger partial charge in [0.2, 0.25) is 17.7 Å². The third-order valence-electron chi connectivity index (χ3n) is 4.03. The molecule has 1 aliphatic heterocycles. The van der Waals surface area contributed by atoms with Crippen LogP contribution in [0.4, 0.5) is 0 Å². The van der Waals surface area contributed by atoms with Crippen LogP contribution in [0.25, 0.3) is 0 Å². The van der Waals surface area contributed by atoms with Crippen molar-refractivity contribution < 1.29 is 19.6 Å². The standard InChI is InChI=1S/C12H18N4O4/c13-10(16-20)12(5-1-2-6-12)11(19)14-7-3-4-8(17)15-9(7)18/h7,20H,1-6H2,(H2,13,16)(H,14,19)(H,15,17,18). The van der Waals surface area contributed by atoms with Gasteiger partial charge in [0, 0.05) is 6.42 Å². The highest BCUT2D eigenvalue weighted by molar-refractivity contribution is 6.09. The molecule has 1 saturated carbocycles. The zero-order valence-electron chi connectivity index (χ0n) is 11.0. The third-order valence-corrected chi connectivity index (χ3v) is 4.03. The molecule has 1 unspecified atom stereocenters. The van der Waals surface area contributed by atoms with Gasteiger partial charge in [-0.15, -0.1) is 0 Å². The normalized spacial score (nSPS) is 26.2. The molecule has 5 N–H and O–H groups in total. The maximum absolute atomic E-state index is 12.4. The van der Waals surface area contributed by atoms with Crippen molar-refractivity contribution in [1.82, 2.24) is 10.6 Å². The van der Waals surface area contributed by atoms with Crippen LogP contribution < -0.4 is 16.4 Å². The molecule has 8 heteroatoms. The summed E-state index contributed by atoms with van der Waals surface area (Å²) in [7, 11) is 0. The number of amides is 3. The van der Waals surface area contributed by atoms with E-state index in [0.717, 1.165) is 12.8 Å². The number of hydrogen-bond acceptors (Lipinski definition) is 5.